The number of thiazole rings is 1. The average Bonchev–Trinajstić information content (AvgIpc) is 3.27. The van der Waals surface area contributed by atoms with Crippen LogP contribution in [0.25, 0.3) is 0 Å². The van der Waals surface area contributed by atoms with Crippen LogP contribution in [0.3, 0.4) is 0 Å². The third-order valence-corrected chi connectivity index (χ3v) is 5.71. The van der Waals surface area contributed by atoms with Crippen LogP contribution in [0.5, 0.6) is 0 Å². The quantitative estimate of drug-likeness (QED) is 0.535. The van der Waals surface area contributed by atoms with Crippen molar-refractivity contribution in [2.75, 3.05) is 25.0 Å². The highest BCUT2D eigenvalue weighted by Gasteiger charge is 2.22. The number of nitrogens with one attached hydrogen (secondary N) is 2. The number of nitrogens with zero attached hydrogens (tertiary/aromatic N) is 7. The second-order valence-corrected chi connectivity index (χ2v) is 7.99. The summed E-state index contributed by atoms with van der Waals surface area (Å²) < 4.78 is 0. The number of hydrogen-bond acceptors (Lipinski definition) is 10. The van der Waals surface area contributed by atoms with E-state index < -0.39 is 0 Å². The van der Waals surface area contributed by atoms with Gasteiger partial charge in [-0.1, -0.05) is 0 Å². The molecule has 1 atom stereocenters. The number of likely N-dealkylation sites (tertiary alicyclic amines) is 1. The number of carbonyl (C=O) groups is 1. The molecule has 1 aliphatic rings. The second-order valence-electron chi connectivity index (χ2n) is 7.13. The lowest BCUT2D eigenvalue weighted by molar-refractivity contribution is 0.0946. The first-order valence-electron chi connectivity index (χ1n) is 9.90. The molecule has 0 bridgehead atoms. The molecule has 158 valence electrons. The fourth-order valence-corrected chi connectivity index (χ4v) is 4.11. The number of anilines is 2. The third kappa shape index (κ3) is 5.56. The van der Waals surface area contributed by atoms with Crippen molar-refractivity contribution in [1.29, 1.82) is 5.26 Å². The molecule has 0 saturated carbocycles. The van der Waals surface area contributed by atoms with Crippen molar-refractivity contribution in [3.63, 3.8) is 0 Å². The zero-order valence-corrected chi connectivity index (χ0v) is 17.5. The molecule has 11 heteroatoms. The zero-order valence-electron chi connectivity index (χ0n) is 16.7. The van der Waals surface area contributed by atoms with Crippen LogP contribution in [0.15, 0.2) is 36.1 Å². The standard InChI is InChI=1S/C20H21N9OS/c21-5-9-29-8-1-2-15(12-29)16-4-6-22-19(26-16)28-20-27-17(13-31-20)18(30)23-10-14-3-7-24-25-11-14/h3-4,6-7,11,13,15H,1-2,8-10,12H2,(H,23,30)(H,22,26,27,28)/t15-/m0/s1. The van der Waals surface area contributed by atoms with Crippen LogP contribution in [-0.4, -0.2) is 55.6 Å². The molecule has 3 aromatic rings. The van der Waals surface area contributed by atoms with E-state index in [2.05, 4.69) is 46.8 Å². The van der Waals surface area contributed by atoms with Crippen LogP contribution in [0.4, 0.5) is 11.1 Å². The van der Waals surface area contributed by atoms with E-state index in [0.717, 1.165) is 37.2 Å². The number of amides is 1. The van der Waals surface area contributed by atoms with Crippen LogP contribution < -0.4 is 10.6 Å². The van der Waals surface area contributed by atoms with Crippen LogP contribution in [-0.2, 0) is 6.54 Å². The molecule has 0 aliphatic carbocycles. The van der Waals surface area contributed by atoms with E-state index in [0.29, 0.717) is 29.9 Å². The van der Waals surface area contributed by atoms with Crippen LogP contribution >= 0.6 is 11.3 Å². The Labute approximate surface area is 183 Å². The maximum Gasteiger partial charge on any atom is 0.271 e. The highest BCUT2D eigenvalue weighted by Crippen LogP contribution is 2.26. The van der Waals surface area contributed by atoms with Gasteiger partial charge < -0.3 is 10.6 Å². The molecule has 1 amide bonds. The van der Waals surface area contributed by atoms with Gasteiger partial charge in [0.05, 0.1) is 24.5 Å². The molecule has 3 aromatic heterocycles. The Morgan fingerprint density at radius 1 is 1.29 bits per heavy atom. The summed E-state index contributed by atoms with van der Waals surface area (Å²) >= 11 is 1.31. The minimum atomic E-state index is -0.268. The summed E-state index contributed by atoms with van der Waals surface area (Å²) in [6, 6.07) is 5.92. The van der Waals surface area contributed by atoms with E-state index in [9.17, 15) is 4.79 Å². The predicted molar refractivity (Wildman–Crippen MR) is 115 cm³/mol. The van der Waals surface area contributed by atoms with Crippen LogP contribution in [0, 0.1) is 11.3 Å². The highest BCUT2D eigenvalue weighted by molar-refractivity contribution is 7.14. The average molecular weight is 436 g/mol. The van der Waals surface area contributed by atoms with Crippen molar-refractivity contribution in [3.05, 3.63) is 53.1 Å². The van der Waals surface area contributed by atoms with Crippen molar-refractivity contribution in [1.82, 2.24) is 35.4 Å². The van der Waals surface area contributed by atoms with E-state index in [1.165, 1.54) is 11.3 Å². The lowest BCUT2D eigenvalue weighted by Crippen LogP contribution is -2.34. The van der Waals surface area contributed by atoms with Gasteiger partial charge in [-0.15, -0.1) is 11.3 Å². The summed E-state index contributed by atoms with van der Waals surface area (Å²) in [4.78, 5) is 27.7. The van der Waals surface area contributed by atoms with Gasteiger partial charge in [0.1, 0.15) is 5.69 Å². The highest BCUT2D eigenvalue weighted by atomic mass is 32.1. The number of hydrogen-bond donors (Lipinski definition) is 2. The number of rotatable bonds is 7. The van der Waals surface area contributed by atoms with Gasteiger partial charge in [-0.2, -0.15) is 15.5 Å². The first kappa shape index (κ1) is 20.8. The van der Waals surface area contributed by atoms with Crippen LogP contribution in [0.1, 0.15) is 40.5 Å². The number of carbonyl (C=O) groups excluding carboxylic acids is 1. The van der Waals surface area contributed by atoms with Gasteiger partial charge in [-0.25, -0.2) is 15.0 Å². The number of piperidine rings is 1. The Balaban J connectivity index is 1.37. The monoisotopic (exact) mass is 435 g/mol. The first-order valence-corrected chi connectivity index (χ1v) is 10.8. The summed E-state index contributed by atoms with van der Waals surface area (Å²) in [6.07, 6.45) is 6.98. The molecule has 2 N–H and O–H groups in total. The Kier molecular flexibility index (Phi) is 6.71. The maximum atomic E-state index is 12.3. The summed E-state index contributed by atoms with van der Waals surface area (Å²) in [5.74, 6) is 0.445. The summed E-state index contributed by atoms with van der Waals surface area (Å²) in [5.41, 5.74) is 2.13. The van der Waals surface area contributed by atoms with Gasteiger partial charge in [-0.3, -0.25) is 9.69 Å². The van der Waals surface area contributed by atoms with Crippen molar-refractivity contribution in [2.45, 2.75) is 25.3 Å². The molecule has 0 aromatic carbocycles. The van der Waals surface area contributed by atoms with Crippen molar-refractivity contribution in [3.8, 4) is 6.07 Å². The first-order chi connectivity index (χ1) is 15.2. The maximum absolute atomic E-state index is 12.3. The van der Waals surface area contributed by atoms with Crippen molar-refractivity contribution in [2.24, 2.45) is 0 Å². The molecular formula is C20H21N9OS. The Morgan fingerprint density at radius 3 is 3.06 bits per heavy atom. The molecule has 0 radical (unpaired) electrons. The van der Waals surface area contributed by atoms with Gasteiger partial charge in [0, 0.05) is 36.8 Å². The van der Waals surface area contributed by atoms with Gasteiger partial charge in [-0.05, 0) is 37.1 Å². The van der Waals surface area contributed by atoms with Crippen LogP contribution in [0.2, 0.25) is 0 Å². The summed E-state index contributed by atoms with van der Waals surface area (Å²) in [6.45, 7) is 2.55. The Bertz CT molecular complexity index is 1070. The summed E-state index contributed by atoms with van der Waals surface area (Å²) in [5, 5.41) is 24.6. The fourth-order valence-electron chi connectivity index (χ4n) is 3.43. The molecule has 1 saturated heterocycles. The van der Waals surface area contributed by atoms with Crippen molar-refractivity contribution < 1.29 is 4.79 Å². The van der Waals surface area contributed by atoms with Gasteiger partial charge >= 0.3 is 0 Å². The minimum absolute atomic E-state index is 0.268. The second kappa shape index (κ2) is 10.0. The molecular weight excluding hydrogens is 414 g/mol. The van der Waals surface area contributed by atoms with Crippen molar-refractivity contribution >= 4 is 28.3 Å². The zero-order chi connectivity index (χ0) is 21.5. The molecule has 0 unspecified atom stereocenters. The van der Waals surface area contributed by atoms with Gasteiger partial charge in [0.15, 0.2) is 5.13 Å². The molecule has 4 rings (SSSR count). The van der Waals surface area contributed by atoms with E-state index in [4.69, 9.17) is 5.26 Å². The SMILES string of the molecule is N#CCN1CCC[C@H](c2ccnc(Nc3nc(C(=O)NCc4ccnnc4)cs3)n2)C1. The lowest BCUT2D eigenvalue weighted by Gasteiger charge is -2.30. The topological polar surface area (TPSA) is 133 Å². The Morgan fingerprint density at radius 2 is 2.23 bits per heavy atom. The fraction of sp³-hybridized carbons (Fsp3) is 0.350. The van der Waals surface area contributed by atoms with E-state index in [-0.39, 0.29) is 11.8 Å². The Hall–Kier alpha value is -3.49. The number of nitriles is 1. The molecule has 10 nitrogen and oxygen atoms in total. The largest absolute Gasteiger partial charge is 0.347 e. The van der Waals surface area contributed by atoms with E-state index in [1.54, 1.807) is 30.0 Å². The smallest absolute Gasteiger partial charge is 0.271 e. The molecule has 4 heterocycles. The predicted octanol–water partition coefficient (Wildman–Crippen LogP) is 2.10. The summed E-state index contributed by atoms with van der Waals surface area (Å²) in [7, 11) is 0. The van der Waals surface area contributed by atoms with Gasteiger partial charge in [0.25, 0.3) is 5.91 Å². The number of aromatic nitrogens is 5. The van der Waals surface area contributed by atoms with Gasteiger partial charge in [0.2, 0.25) is 5.95 Å². The normalized spacial score (nSPS) is 16.4. The third-order valence-electron chi connectivity index (χ3n) is 4.95. The lowest BCUT2D eigenvalue weighted by atomic mass is 9.94. The minimum Gasteiger partial charge on any atom is -0.347 e. The molecule has 31 heavy (non-hydrogen) atoms. The molecule has 1 aliphatic heterocycles. The van der Waals surface area contributed by atoms with E-state index in [1.807, 2.05) is 6.07 Å². The molecule has 0 spiro atoms. The van der Waals surface area contributed by atoms with E-state index >= 15 is 0 Å². The molecule has 1 fully saturated rings.